The van der Waals surface area contributed by atoms with Crippen LogP contribution in [0.4, 0.5) is 0 Å². The van der Waals surface area contributed by atoms with Crippen LogP contribution in [0.25, 0.3) is 5.57 Å². The summed E-state index contributed by atoms with van der Waals surface area (Å²) in [6.07, 6.45) is 0.772. The van der Waals surface area contributed by atoms with E-state index in [1.165, 1.54) is 16.7 Å². The summed E-state index contributed by atoms with van der Waals surface area (Å²) in [5, 5.41) is 0. The van der Waals surface area contributed by atoms with Gasteiger partial charge in [-0.3, -0.25) is 14.5 Å². The average molecular weight is 396 g/mol. The normalized spacial score (nSPS) is 14.5. The molecular weight excluding hydrogens is 370 g/mol. The van der Waals surface area contributed by atoms with Gasteiger partial charge in [-0.05, 0) is 31.4 Å². The smallest absolute Gasteiger partial charge is 0.267 e. The topological polar surface area (TPSA) is 46.6 Å². The van der Waals surface area contributed by atoms with E-state index in [9.17, 15) is 9.59 Å². The van der Waals surface area contributed by atoms with E-state index < -0.39 is 0 Å². The first-order chi connectivity index (χ1) is 13.6. The highest BCUT2D eigenvalue weighted by molar-refractivity contribution is 8.03. The summed E-state index contributed by atoms with van der Waals surface area (Å²) in [7, 11) is 0. The third kappa shape index (κ3) is 4.91. The van der Waals surface area contributed by atoms with Gasteiger partial charge in [0.15, 0.2) is 0 Å². The van der Waals surface area contributed by atoms with Crippen LogP contribution < -0.4 is 0 Å². The first-order valence-corrected chi connectivity index (χ1v) is 10.5. The molecule has 0 saturated heterocycles. The van der Waals surface area contributed by atoms with E-state index in [2.05, 4.69) is 0 Å². The zero-order chi connectivity index (χ0) is 19.9. The third-order valence-corrected chi connectivity index (χ3v) is 5.54. The summed E-state index contributed by atoms with van der Waals surface area (Å²) >= 11 is 1.44. The summed E-state index contributed by atoms with van der Waals surface area (Å²) in [6.45, 7) is 4.84. The summed E-state index contributed by atoms with van der Waals surface area (Å²) in [6, 6.07) is 19.4. The van der Waals surface area contributed by atoms with Crippen LogP contribution in [0.2, 0.25) is 0 Å². The molecule has 0 aromatic heterocycles. The Bertz CT molecular complexity index is 847. The number of amides is 2. The molecule has 2 amide bonds. The second kappa shape index (κ2) is 9.71. The van der Waals surface area contributed by atoms with Crippen LogP contribution in [0.5, 0.6) is 0 Å². The van der Waals surface area contributed by atoms with E-state index in [4.69, 9.17) is 4.74 Å². The number of benzene rings is 2. The van der Waals surface area contributed by atoms with Crippen LogP contribution >= 0.6 is 11.8 Å². The van der Waals surface area contributed by atoms with E-state index in [-0.39, 0.29) is 17.9 Å². The van der Waals surface area contributed by atoms with Crippen molar-refractivity contribution < 1.29 is 14.3 Å². The zero-order valence-corrected chi connectivity index (χ0v) is 17.1. The van der Waals surface area contributed by atoms with Gasteiger partial charge in [0.05, 0.1) is 16.6 Å². The molecule has 3 rings (SSSR count). The Balaban J connectivity index is 1.79. The van der Waals surface area contributed by atoms with Gasteiger partial charge in [0, 0.05) is 18.9 Å². The number of carbonyl (C=O) groups excluding carboxylic acids is 2. The van der Waals surface area contributed by atoms with Gasteiger partial charge in [-0.25, -0.2) is 0 Å². The van der Waals surface area contributed by atoms with Crippen LogP contribution in [0, 0.1) is 0 Å². The third-order valence-electron chi connectivity index (χ3n) is 4.39. The second-order valence-corrected chi connectivity index (χ2v) is 7.87. The highest BCUT2D eigenvalue weighted by Gasteiger charge is 2.38. The van der Waals surface area contributed by atoms with Crippen LogP contribution in [0.1, 0.15) is 31.4 Å². The average Bonchev–Trinajstić information content (AvgIpc) is 2.94. The van der Waals surface area contributed by atoms with Gasteiger partial charge in [0.1, 0.15) is 0 Å². The molecule has 0 N–H and O–H groups in total. The van der Waals surface area contributed by atoms with Crippen molar-refractivity contribution in [2.75, 3.05) is 13.2 Å². The van der Waals surface area contributed by atoms with Crippen molar-refractivity contribution in [3.05, 3.63) is 76.7 Å². The Labute approximate surface area is 170 Å². The Morgan fingerprint density at radius 2 is 1.57 bits per heavy atom. The molecule has 0 aliphatic carbocycles. The van der Waals surface area contributed by atoms with Crippen LogP contribution in [-0.4, -0.2) is 36.0 Å². The monoisotopic (exact) mass is 395 g/mol. The molecule has 1 heterocycles. The molecule has 28 heavy (non-hydrogen) atoms. The highest BCUT2D eigenvalue weighted by atomic mass is 32.2. The van der Waals surface area contributed by atoms with Crippen molar-refractivity contribution in [1.29, 1.82) is 0 Å². The maximum Gasteiger partial charge on any atom is 0.267 e. The maximum absolute atomic E-state index is 13.1. The van der Waals surface area contributed by atoms with Gasteiger partial charge in [0.2, 0.25) is 0 Å². The van der Waals surface area contributed by atoms with Gasteiger partial charge in [-0.2, -0.15) is 0 Å². The lowest BCUT2D eigenvalue weighted by Gasteiger charge is -2.15. The lowest BCUT2D eigenvalue weighted by atomic mass is 10.1. The SMILES string of the molecule is CC(C)OCCCN1C(=O)C(SCc2ccccc2)=C(c2ccccc2)C1=O. The Hall–Kier alpha value is -2.37. The van der Waals surface area contributed by atoms with E-state index in [1.54, 1.807) is 0 Å². The number of hydrogen-bond donors (Lipinski definition) is 0. The summed E-state index contributed by atoms with van der Waals surface area (Å²) in [5.74, 6) is 0.237. The fraction of sp³-hybridized carbons (Fsp3) is 0.304. The van der Waals surface area contributed by atoms with Crippen molar-refractivity contribution in [2.45, 2.75) is 32.1 Å². The van der Waals surface area contributed by atoms with E-state index in [0.29, 0.717) is 35.8 Å². The molecular formula is C23H25NO3S. The first kappa shape index (κ1) is 20.4. The van der Waals surface area contributed by atoms with Crippen LogP contribution in [0.15, 0.2) is 65.6 Å². The number of imide groups is 1. The number of hydrogen-bond acceptors (Lipinski definition) is 4. The van der Waals surface area contributed by atoms with Crippen molar-refractivity contribution in [3.8, 4) is 0 Å². The predicted molar refractivity (Wildman–Crippen MR) is 114 cm³/mol. The minimum Gasteiger partial charge on any atom is -0.379 e. The molecule has 0 spiro atoms. The quantitative estimate of drug-likeness (QED) is 0.463. The van der Waals surface area contributed by atoms with Gasteiger partial charge < -0.3 is 4.74 Å². The molecule has 0 saturated carbocycles. The molecule has 0 bridgehead atoms. The minimum absolute atomic E-state index is 0.139. The van der Waals surface area contributed by atoms with Gasteiger partial charge in [0.25, 0.3) is 11.8 Å². The first-order valence-electron chi connectivity index (χ1n) is 9.52. The van der Waals surface area contributed by atoms with E-state index in [1.807, 2.05) is 74.5 Å². The Kier molecular flexibility index (Phi) is 7.06. The van der Waals surface area contributed by atoms with Gasteiger partial charge >= 0.3 is 0 Å². The number of thioether (sulfide) groups is 1. The number of rotatable bonds is 9. The van der Waals surface area contributed by atoms with Crippen molar-refractivity contribution in [2.24, 2.45) is 0 Å². The zero-order valence-electron chi connectivity index (χ0n) is 16.3. The fourth-order valence-corrected chi connectivity index (χ4v) is 4.11. The van der Waals surface area contributed by atoms with E-state index in [0.717, 1.165) is 11.1 Å². The van der Waals surface area contributed by atoms with Gasteiger partial charge in [-0.15, -0.1) is 11.8 Å². The maximum atomic E-state index is 13.1. The van der Waals surface area contributed by atoms with E-state index >= 15 is 0 Å². The molecule has 2 aromatic carbocycles. The molecule has 2 aromatic rings. The molecule has 1 aliphatic rings. The summed E-state index contributed by atoms with van der Waals surface area (Å²) in [4.78, 5) is 28.0. The van der Waals surface area contributed by atoms with Gasteiger partial charge in [-0.1, -0.05) is 60.7 Å². The second-order valence-electron chi connectivity index (χ2n) is 6.88. The van der Waals surface area contributed by atoms with Crippen molar-refractivity contribution in [3.63, 3.8) is 0 Å². The number of nitrogens with zero attached hydrogens (tertiary/aromatic N) is 1. The molecule has 146 valence electrons. The molecule has 5 heteroatoms. The molecule has 0 atom stereocenters. The Morgan fingerprint density at radius 1 is 0.929 bits per heavy atom. The summed E-state index contributed by atoms with van der Waals surface area (Å²) in [5.41, 5.74) is 2.42. The summed E-state index contributed by atoms with van der Waals surface area (Å²) < 4.78 is 5.55. The lowest BCUT2D eigenvalue weighted by Crippen LogP contribution is -2.33. The largest absolute Gasteiger partial charge is 0.379 e. The van der Waals surface area contributed by atoms with Crippen LogP contribution in [-0.2, 0) is 20.1 Å². The fourth-order valence-electron chi connectivity index (χ4n) is 3.02. The van der Waals surface area contributed by atoms with Crippen LogP contribution in [0.3, 0.4) is 0 Å². The molecule has 1 aliphatic heterocycles. The molecule has 0 radical (unpaired) electrons. The predicted octanol–water partition coefficient (Wildman–Crippen LogP) is 4.52. The molecule has 4 nitrogen and oxygen atoms in total. The number of ether oxygens (including phenoxy) is 1. The van der Waals surface area contributed by atoms with Crippen molar-refractivity contribution >= 4 is 29.1 Å². The minimum atomic E-state index is -0.212. The number of carbonyl (C=O) groups is 2. The molecule has 0 fully saturated rings. The lowest BCUT2D eigenvalue weighted by molar-refractivity contribution is -0.136. The highest BCUT2D eigenvalue weighted by Crippen LogP contribution is 2.37. The standard InChI is InChI=1S/C23H25NO3S/c1-17(2)27-15-9-14-24-22(25)20(19-12-7-4-8-13-19)21(23(24)26)28-16-18-10-5-3-6-11-18/h3-8,10-13,17H,9,14-16H2,1-2H3. The Morgan fingerprint density at radius 3 is 2.21 bits per heavy atom. The molecule has 0 unspecified atom stereocenters. The van der Waals surface area contributed by atoms with Crippen molar-refractivity contribution in [1.82, 2.24) is 4.90 Å².